The van der Waals surface area contributed by atoms with Gasteiger partial charge < -0.3 is 20.0 Å². The smallest absolute Gasteiger partial charge is 0.335 e. The van der Waals surface area contributed by atoms with E-state index in [0.29, 0.717) is 31.0 Å². The lowest BCUT2D eigenvalue weighted by atomic mass is 10.2. The van der Waals surface area contributed by atoms with Gasteiger partial charge in [-0.3, -0.25) is 0 Å². The number of aromatic carboxylic acids is 1. The Balaban J connectivity index is 1.50. The first-order valence-electron chi connectivity index (χ1n) is 11.9. The van der Waals surface area contributed by atoms with Gasteiger partial charge in [-0.25, -0.2) is 23.2 Å². The van der Waals surface area contributed by atoms with Crippen LogP contribution in [0.25, 0.3) is 28.2 Å². The van der Waals surface area contributed by atoms with Crippen LogP contribution in [-0.4, -0.2) is 68.2 Å². The first-order valence-corrected chi connectivity index (χ1v) is 14.3. The molecule has 0 radical (unpaired) electrons. The Bertz CT molecular complexity index is 1630. The zero-order valence-electron chi connectivity index (χ0n) is 20.6. The number of aromatic amines is 1. The summed E-state index contributed by atoms with van der Waals surface area (Å²) in [5.41, 5.74) is 5.74. The van der Waals surface area contributed by atoms with Crippen molar-refractivity contribution < 1.29 is 18.3 Å². The van der Waals surface area contributed by atoms with Crippen molar-refractivity contribution in [3.63, 3.8) is 0 Å². The van der Waals surface area contributed by atoms with Gasteiger partial charge in [-0.2, -0.15) is 4.31 Å². The minimum absolute atomic E-state index is 0.0402. The summed E-state index contributed by atoms with van der Waals surface area (Å²) in [6.45, 7) is 6.48. The molecular weight excluding hydrogens is 560 g/mol. The maximum Gasteiger partial charge on any atom is 0.335 e. The number of fused-ring (bicyclic) bond motifs is 1. The Hall–Kier alpha value is -3.22. The molecule has 1 aromatic carbocycles. The second kappa shape index (κ2) is 9.58. The molecule has 0 aliphatic carbocycles. The molecule has 0 spiro atoms. The molecule has 0 bridgehead atoms. The van der Waals surface area contributed by atoms with Crippen molar-refractivity contribution >= 4 is 48.8 Å². The molecule has 1 saturated heterocycles. The van der Waals surface area contributed by atoms with E-state index in [4.69, 9.17) is 4.98 Å². The molecule has 4 aromatic rings. The van der Waals surface area contributed by atoms with Crippen LogP contribution in [0.4, 0.5) is 5.69 Å². The third-order valence-electron chi connectivity index (χ3n) is 6.77. The summed E-state index contributed by atoms with van der Waals surface area (Å²) in [5, 5.41) is 12.9. The van der Waals surface area contributed by atoms with Gasteiger partial charge in [0.25, 0.3) is 0 Å². The number of pyridine rings is 1. The number of benzene rings is 1. The zero-order chi connectivity index (χ0) is 26.5. The van der Waals surface area contributed by atoms with Crippen LogP contribution in [0.2, 0.25) is 0 Å². The van der Waals surface area contributed by atoms with Crippen LogP contribution in [0.5, 0.6) is 0 Å². The van der Waals surface area contributed by atoms with Crippen molar-refractivity contribution in [3.8, 4) is 17.1 Å². The Morgan fingerprint density at radius 3 is 2.81 bits per heavy atom. The molecule has 37 heavy (non-hydrogen) atoms. The minimum atomic E-state index is -3.23. The van der Waals surface area contributed by atoms with E-state index in [1.165, 1.54) is 4.31 Å². The van der Waals surface area contributed by atoms with Crippen molar-refractivity contribution in [1.29, 1.82) is 0 Å². The fourth-order valence-corrected chi connectivity index (χ4v) is 6.44. The molecule has 10 nitrogen and oxygen atoms in total. The van der Waals surface area contributed by atoms with Gasteiger partial charge in [0.2, 0.25) is 10.0 Å². The molecule has 1 fully saturated rings. The summed E-state index contributed by atoms with van der Waals surface area (Å²) in [7, 11) is -3.23. The number of nitrogens with zero attached hydrogens (tertiary/aromatic N) is 4. The van der Waals surface area contributed by atoms with E-state index >= 15 is 0 Å². The van der Waals surface area contributed by atoms with E-state index in [0.717, 1.165) is 38.3 Å². The third-order valence-corrected chi connectivity index (χ3v) is 9.22. The average molecular weight is 588 g/mol. The molecule has 1 aliphatic rings. The lowest BCUT2D eigenvalue weighted by molar-refractivity contribution is 0.0697. The third kappa shape index (κ3) is 4.64. The minimum Gasteiger partial charge on any atom is -0.478 e. The quantitative estimate of drug-likeness (QED) is 0.293. The standard InChI is InChI=1S/C25H27BrN6O4S/c1-4-37(35,36)31-9-8-17(13-31)28-21-20(26)12-27-24-22(21)29-23(30-24)19-10-14(2)32(15(19)3)18-7-5-6-16(11-18)25(33)34/h5-7,10-12,17H,4,8-9,13H2,1-3H3,(H,33,34)(H2,27,28,29,30)/t17-/m0/s1. The summed E-state index contributed by atoms with van der Waals surface area (Å²) in [6, 6.07) is 8.79. The number of imidazole rings is 1. The number of rotatable bonds is 7. The van der Waals surface area contributed by atoms with Gasteiger partial charge in [0.1, 0.15) is 11.3 Å². The summed E-state index contributed by atoms with van der Waals surface area (Å²) in [5.74, 6) is -0.249. The zero-order valence-corrected chi connectivity index (χ0v) is 23.0. The van der Waals surface area contributed by atoms with Crippen LogP contribution < -0.4 is 5.32 Å². The monoisotopic (exact) mass is 586 g/mol. The number of H-pyrrole nitrogens is 1. The molecule has 194 valence electrons. The van der Waals surface area contributed by atoms with Gasteiger partial charge in [-0.15, -0.1) is 0 Å². The number of carboxylic acid groups (broad SMARTS) is 1. The van der Waals surface area contributed by atoms with Crippen molar-refractivity contribution in [1.82, 2.24) is 23.8 Å². The number of carbonyl (C=O) groups is 1. The van der Waals surface area contributed by atoms with Crippen molar-refractivity contribution in [2.24, 2.45) is 0 Å². The lowest BCUT2D eigenvalue weighted by Crippen LogP contribution is -2.32. The number of nitrogens with one attached hydrogen (secondary N) is 2. The predicted octanol–water partition coefficient (Wildman–Crippen LogP) is 4.33. The number of aromatic nitrogens is 4. The highest BCUT2D eigenvalue weighted by atomic mass is 79.9. The van der Waals surface area contributed by atoms with E-state index in [2.05, 4.69) is 31.2 Å². The Morgan fingerprint density at radius 2 is 2.08 bits per heavy atom. The van der Waals surface area contributed by atoms with Crippen LogP contribution >= 0.6 is 15.9 Å². The molecule has 0 unspecified atom stereocenters. The van der Waals surface area contributed by atoms with Gasteiger partial charge in [0.15, 0.2) is 5.65 Å². The highest BCUT2D eigenvalue weighted by Crippen LogP contribution is 2.34. The summed E-state index contributed by atoms with van der Waals surface area (Å²) < 4.78 is 28.9. The van der Waals surface area contributed by atoms with Gasteiger partial charge in [-0.1, -0.05) is 6.07 Å². The van der Waals surface area contributed by atoms with Gasteiger partial charge in [0.05, 0.1) is 21.5 Å². The van der Waals surface area contributed by atoms with E-state index in [1.807, 2.05) is 30.5 Å². The van der Waals surface area contributed by atoms with E-state index in [-0.39, 0.29) is 17.4 Å². The molecule has 12 heteroatoms. The van der Waals surface area contributed by atoms with Crippen molar-refractivity contribution in [2.75, 3.05) is 24.2 Å². The fraction of sp³-hybridized carbons (Fsp3) is 0.320. The first kappa shape index (κ1) is 25.4. The van der Waals surface area contributed by atoms with Crippen LogP contribution in [0.15, 0.2) is 41.0 Å². The predicted molar refractivity (Wildman–Crippen MR) is 146 cm³/mol. The van der Waals surface area contributed by atoms with E-state index < -0.39 is 16.0 Å². The van der Waals surface area contributed by atoms with E-state index in [9.17, 15) is 18.3 Å². The van der Waals surface area contributed by atoms with Gasteiger partial charge in [0, 0.05) is 48.0 Å². The topological polar surface area (TPSA) is 133 Å². The molecule has 3 N–H and O–H groups in total. The Morgan fingerprint density at radius 1 is 1.30 bits per heavy atom. The largest absolute Gasteiger partial charge is 0.478 e. The fourth-order valence-electron chi connectivity index (χ4n) is 4.87. The average Bonchev–Trinajstić information content (AvgIpc) is 3.58. The molecule has 0 saturated carbocycles. The Labute approximate surface area is 222 Å². The molecule has 5 rings (SSSR count). The summed E-state index contributed by atoms with van der Waals surface area (Å²) in [6.07, 6.45) is 2.39. The van der Waals surface area contributed by atoms with Crippen LogP contribution in [-0.2, 0) is 10.0 Å². The second-order valence-electron chi connectivity index (χ2n) is 9.13. The normalized spacial score (nSPS) is 16.5. The SMILES string of the molecule is CCS(=O)(=O)N1CC[C@H](Nc2c(Br)cnc3nc(-c4cc(C)n(-c5cccc(C(=O)O)c5)c4C)[nH]c23)C1. The van der Waals surface area contributed by atoms with Crippen LogP contribution in [0.3, 0.4) is 0 Å². The summed E-state index contributed by atoms with van der Waals surface area (Å²) >= 11 is 3.58. The molecule has 0 amide bonds. The summed E-state index contributed by atoms with van der Waals surface area (Å²) in [4.78, 5) is 24.1. The molecule has 3 aromatic heterocycles. The van der Waals surface area contributed by atoms with Crippen molar-refractivity contribution in [2.45, 2.75) is 33.2 Å². The number of hydrogen-bond acceptors (Lipinski definition) is 6. The second-order valence-corrected chi connectivity index (χ2v) is 12.2. The first-order chi connectivity index (χ1) is 17.6. The van der Waals surface area contributed by atoms with Crippen LogP contribution in [0, 0.1) is 13.8 Å². The molecule has 4 heterocycles. The molecule has 1 aliphatic heterocycles. The number of aryl methyl sites for hydroxylation is 1. The van der Waals surface area contributed by atoms with Gasteiger partial charge >= 0.3 is 5.97 Å². The number of sulfonamides is 1. The number of halogens is 1. The Kier molecular flexibility index (Phi) is 6.59. The van der Waals surface area contributed by atoms with Crippen LogP contribution in [0.1, 0.15) is 35.1 Å². The maximum atomic E-state index is 12.3. The highest BCUT2D eigenvalue weighted by Gasteiger charge is 2.31. The van der Waals surface area contributed by atoms with E-state index in [1.54, 1.807) is 31.3 Å². The molecular formula is C25H27BrN6O4S. The number of carboxylic acids is 1. The molecule has 1 atom stereocenters. The highest BCUT2D eigenvalue weighted by molar-refractivity contribution is 9.10. The maximum absolute atomic E-state index is 12.3. The van der Waals surface area contributed by atoms with Crippen molar-refractivity contribution in [3.05, 3.63) is 58.0 Å². The lowest BCUT2D eigenvalue weighted by Gasteiger charge is -2.17. The number of anilines is 1. The number of hydrogen-bond donors (Lipinski definition) is 3. The van der Waals surface area contributed by atoms with Gasteiger partial charge in [-0.05, 0) is 67.4 Å².